The number of halogens is 1. The van der Waals surface area contributed by atoms with Crippen LogP contribution in [0.3, 0.4) is 0 Å². The van der Waals surface area contributed by atoms with E-state index in [1.54, 1.807) is 0 Å². The third-order valence-corrected chi connectivity index (χ3v) is 3.87. The molecule has 96 valence electrons. The Morgan fingerprint density at radius 1 is 1.05 bits per heavy atom. The Balaban J connectivity index is 1.81. The van der Waals surface area contributed by atoms with E-state index in [-0.39, 0.29) is 0 Å². The molecule has 0 saturated heterocycles. The number of hydrogen-bond donors (Lipinski definition) is 1. The van der Waals surface area contributed by atoms with E-state index < -0.39 is 0 Å². The third-order valence-electron chi connectivity index (χ3n) is 3.62. The summed E-state index contributed by atoms with van der Waals surface area (Å²) in [4.78, 5) is 0. The maximum absolute atomic E-state index is 9.28. The molecule has 2 aromatic rings. The fourth-order valence-electron chi connectivity index (χ4n) is 2.53. The van der Waals surface area contributed by atoms with E-state index in [1.165, 1.54) is 5.56 Å². The number of hydrogen-bond acceptors (Lipinski definition) is 2. The molecule has 3 heteroatoms. The van der Waals surface area contributed by atoms with E-state index in [2.05, 4.69) is 17.3 Å². The zero-order valence-electron chi connectivity index (χ0n) is 10.3. The van der Waals surface area contributed by atoms with E-state index in [4.69, 9.17) is 11.6 Å². The smallest absolute Gasteiger partial charge is 0.0904 e. The third kappa shape index (κ3) is 2.49. The van der Waals surface area contributed by atoms with E-state index in [9.17, 15) is 5.21 Å². The highest BCUT2D eigenvalue weighted by molar-refractivity contribution is 6.30. The molecule has 0 heterocycles. The van der Waals surface area contributed by atoms with Crippen LogP contribution >= 0.6 is 11.6 Å². The SMILES string of the molecule is O/N=C(\c1ccc(Cl)cc1)[C@H]1C[C@@H]1c1ccccc1. The molecule has 2 aromatic carbocycles. The van der Waals surface area contributed by atoms with Gasteiger partial charge in [0.25, 0.3) is 0 Å². The molecule has 2 nitrogen and oxygen atoms in total. The van der Waals surface area contributed by atoms with Crippen molar-refractivity contribution >= 4 is 17.3 Å². The summed E-state index contributed by atoms with van der Waals surface area (Å²) in [6.07, 6.45) is 1.03. The first-order chi connectivity index (χ1) is 9.29. The Labute approximate surface area is 117 Å². The maximum atomic E-state index is 9.28. The zero-order chi connectivity index (χ0) is 13.2. The van der Waals surface area contributed by atoms with Gasteiger partial charge in [-0.05, 0) is 35.6 Å². The monoisotopic (exact) mass is 271 g/mol. The van der Waals surface area contributed by atoms with Gasteiger partial charge in [-0.25, -0.2) is 0 Å². The van der Waals surface area contributed by atoms with Gasteiger partial charge in [0.2, 0.25) is 0 Å². The van der Waals surface area contributed by atoms with Gasteiger partial charge in [0.1, 0.15) is 0 Å². The van der Waals surface area contributed by atoms with Crippen molar-refractivity contribution in [1.29, 1.82) is 0 Å². The van der Waals surface area contributed by atoms with Gasteiger partial charge >= 0.3 is 0 Å². The molecule has 2 atom stereocenters. The van der Waals surface area contributed by atoms with Gasteiger partial charge in [0.15, 0.2) is 0 Å². The van der Waals surface area contributed by atoms with Gasteiger partial charge in [-0.2, -0.15) is 0 Å². The minimum atomic E-state index is 0.300. The van der Waals surface area contributed by atoms with Gasteiger partial charge in [0.05, 0.1) is 5.71 Å². The predicted molar refractivity (Wildman–Crippen MR) is 77.1 cm³/mol. The second kappa shape index (κ2) is 5.06. The molecule has 1 aliphatic rings. The van der Waals surface area contributed by atoms with E-state index in [1.807, 2.05) is 42.5 Å². The zero-order valence-corrected chi connectivity index (χ0v) is 11.1. The number of nitrogens with zero attached hydrogens (tertiary/aromatic N) is 1. The summed E-state index contributed by atoms with van der Waals surface area (Å²) < 4.78 is 0. The van der Waals surface area contributed by atoms with Crippen molar-refractivity contribution < 1.29 is 5.21 Å². The molecule has 1 saturated carbocycles. The average molecular weight is 272 g/mol. The molecule has 0 unspecified atom stereocenters. The molecule has 0 aromatic heterocycles. The lowest BCUT2D eigenvalue weighted by Crippen LogP contribution is -2.05. The van der Waals surface area contributed by atoms with Crippen LogP contribution in [0.1, 0.15) is 23.5 Å². The lowest BCUT2D eigenvalue weighted by Gasteiger charge is -2.04. The van der Waals surface area contributed by atoms with Crippen LogP contribution in [-0.4, -0.2) is 10.9 Å². The van der Waals surface area contributed by atoms with Gasteiger partial charge in [0, 0.05) is 10.9 Å². The van der Waals surface area contributed by atoms with Gasteiger partial charge in [-0.1, -0.05) is 59.2 Å². The molecular formula is C16H14ClNO. The summed E-state index contributed by atoms with van der Waals surface area (Å²) in [6.45, 7) is 0. The van der Waals surface area contributed by atoms with Crippen molar-refractivity contribution in [1.82, 2.24) is 0 Å². The molecule has 0 aliphatic heterocycles. The first-order valence-electron chi connectivity index (χ1n) is 6.32. The molecule has 3 rings (SSSR count). The molecule has 1 N–H and O–H groups in total. The normalized spacial score (nSPS) is 22.3. The number of benzene rings is 2. The van der Waals surface area contributed by atoms with Crippen LogP contribution in [0.2, 0.25) is 5.02 Å². The minimum absolute atomic E-state index is 0.300. The standard InChI is InChI=1S/C16H14ClNO/c17-13-8-6-12(7-9-13)16(18-19)15-10-14(15)11-4-2-1-3-5-11/h1-9,14-15,19H,10H2/b18-16+/t14-,15+/m1/s1. The molecule has 0 radical (unpaired) electrons. The van der Waals surface area contributed by atoms with Crippen LogP contribution in [-0.2, 0) is 0 Å². The molecule has 1 fully saturated rings. The minimum Gasteiger partial charge on any atom is -0.411 e. The molecule has 19 heavy (non-hydrogen) atoms. The Morgan fingerprint density at radius 3 is 2.37 bits per heavy atom. The fourth-order valence-corrected chi connectivity index (χ4v) is 2.66. The molecule has 0 amide bonds. The first-order valence-corrected chi connectivity index (χ1v) is 6.70. The lowest BCUT2D eigenvalue weighted by molar-refractivity contribution is 0.317. The van der Waals surface area contributed by atoms with Crippen molar-refractivity contribution in [2.24, 2.45) is 11.1 Å². The summed E-state index contributed by atoms with van der Waals surface area (Å²) in [5.74, 6) is 0.761. The summed E-state index contributed by atoms with van der Waals surface area (Å²) in [5, 5.41) is 13.5. The van der Waals surface area contributed by atoms with Crippen molar-refractivity contribution in [2.45, 2.75) is 12.3 Å². The van der Waals surface area contributed by atoms with Crippen molar-refractivity contribution in [2.75, 3.05) is 0 Å². The van der Waals surface area contributed by atoms with Gasteiger partial charge < -0.3 is 5.21 Å². The van der Waals surface area contributed by atoms with E-state index in [0.29, 0.717) is 16.9 Å². The highest BCUT2D eigenvalue weighted by Crippen LogP contribution is 2.49. The number of rotatable bonds is 3. The maximum Gasteiger partial charge on any atom is 0.0904 e. The molecular weight excluding hydrogens is 258 g/mol. The van der Waals surface area contributed by atoms with Crippen LogP contribution in [0.5, 0.6) is 0 Å². The quantitative estimate of drug-likeness (QED) is 0.503. The predicted octanol–water partition coefficient (Wildman–Crippen LogP) is 4.32. The molecule has 0 bridgehead atoms. The first kappa shape index (κ1) is 12.2. The Morgan fingerprint density at radius 2 is 1.74 bits per heavy atom. The van der Waals surface area contributed by atoms with E-state index >= 15 is 0 Å². The van der Waals surface area contributed by atoms with Crippen molar-refractivity contribution in [3.63, 3.8) is 0 Å². The Kier molecular flexibility index (Phi) is 3.26. The Bertz CT molecular complexity index is 592. The van der Waals surface area contributed by atoms with Gasteiger partial charge in [-0.3, -0.25) is 0 Å². The van der Waals surface area contributed by atoms with Crippen LogP contribution in [0.25, 0.3) is 0 Å². The van der Waals surface area contributed by atoms with Crippen molar-refractivity contribution in [3.8, 4) is 0 Å². The largest absolute Gasteiger partial charge is 0.411 e. The van der Waals surface area contributed by atoms with E-state index in [0.717, 1.165) is 17.7 Å². The second-order valence-electron chi connectivity index (χ2n) is 4.85. The lowest BCUT2D eigenvalue weighted by atomic mass is 10.0. The average Bonchev–Trinajstić information content (AvgIpc) is 3.23. The highest BCUT2D eigenvalue weighted by Gasteiger charge is 2.42. The fraction of sp³-hybridized carbons (Fsp3) is 0.188. The molecule has 0 spiro atoms. The Hall–Kier alpha value is -1.80. The number of oxime groups is 1. The summed E-state index contributed by atoms with van der Waals surface area (Å²) in [7, 11) is 0. The van der Waals surface area contributed by atoms with Crippen LogP contribution in [0, 0.1) is 5.92 Å². The highest BCUT2D eigenvalue weighted by atomic mass is 35.5. The molecule has 1 aliphatic carbocycles. The second-order valence-corrected chi connectivity index (χ2v) is 5.29. The van der Waals surface area contributed by atoms with Gasteiger partial charge in [-0.15, -0.1) is 0 Å². The van der Waals surface area contributed by atoms with Crippen LogP contribution in [0.15, 0.2) is 59.8 Å². The summed E-state index contributed by atoms with van der Waals surface area (Å²) in [5.41, 5.74) is 3.00. The topological polar surface area (TPSA) is 32.6 Å². The van der Waals surface area contributed by atoms with Crippen LogP contribution < -0.4 is 0 Å². The van der Waals surface area contributed by atoms with Crippen LogP contribution in [0.4, 0.5) is 0 Å². The summed E-state index contributed by atoms with van der Waals surface area (Å²) >= 11 is 5.88. The summed E-state index contributed by atoms with van der Waals surface area (Å²) in [6, 6.07) is 17.8. The van der Waals surface area contributed by atoms with Crippen molar-refractivity contribution in [3.05, 3.63) is 70.7 Å².